The number of H-pyrrole nitrogens is 1. The Bertz CT molecular complexity index is 678. The van der Waals surface area contributed by atoms with Gasteiger partial charge in [0.05, 0.1) is 24.5 Å². The molecule has 2 aromatic heterocycles. The first-order valence-corrected chi connectivity index (χ1v) is 8.43. The van der Waals surface area contributed by atoms with Crippen molar-refractivity contribution in [3.63, 3.8) is 0 Å². The predicted molar refractivity (Wildman–Crippen MR) is 92.3 cm³/mol. The number of ether oxygens (including phenoxy) is 2. The zero-order valence-corrected chi connectivity index (χ0v) is 15.0. The van der Waals surface area contributed by atoms with Gasteiger partial charge in [0.1, 0.15) is 5.69 Å². The summed E-state index contributed by atoms with van der Waals surface area (Å²) in [5, 5.41) is 6.09. The van der Waals surface area contributed by atoms with E-state index in [2.05, 4.69) is 15.3 Å². The van der Waals surface area contributed by atoms with Gasteiger partial charge in [-0.2, -0.15) is 0 Å². The van der Waals surface area contributed by atoms with E-state index in [1.807, 2.05) is 26.2 Å². The molecule has 1 atom stereocenters. The van der Waals surface area contributed by atoms with Crippen molar-refractivity contribution < 1.29 is 14.3 Å². The Kier molecular flexibility index (Phi) is 5.79. The van der Waals surface area contributed by atoms with Crippen LogP contribution in [0.5, 0.6) is 0 Å². The lowest BCUT2D eigenvalue weighted by Gasteiger charge is -2.10. The standard InChI is InChI=1S/C16H23N3O3S/c1-6-22-15(20)13-10(3)14(18-11(13)4)12-8-23-16(19-12)17-9(2)7-21-5/h8-9,18H,6-7H2,1-5H3,(H,17,19)/t9-/m1/s1. The molecule has 0 spiro atoms. The molecule has 0 bridgehead atoms. The minimum absolute atomic E-state index is 0.181. The van der Waals surface area contributed by atoms with Crippen LogP contribution in [0.15, 0.2) is 5.38 Å². The number of anilines is 1. The fourth-order valence-corrected chi connectivity index (χ4v) is 3.29. The number of rotatable bonds is 7. The largest absolute Gasteiger partial charge is 0.462 e. The van der Waals surface area contributed by atoms with Crippen LogP contribution in [0.2, 0.25) is 0 Å². The molecule has 2 N–H and O–H groups in total. The third-order valence-electron chi connectivity index (χ3n) is 3.46. The highest BCUT2D eigenvalue weighted by Crippen LogP contribution is 2.30. The molecule has 0 aliphatic heterocycles. The van der Waals surface area contributed by atoms with Gasteiger partial charge >= 0.3 is 5.97 Å². The second kappa shape index (κ2) is 7.61. The number of aromatic nitrogens is 2. The van der Waals surface area contributed by atoms with E-state index in [1.54, 1.807) is 14.0 Å². The summed E-state index contributed by atoms with van der Waals surface area (Å²) in [4.78, 5) is 19.9. The van der Waals surface area contributed by atoms with Gasteiger partial charge in [0.15, 0.2) is 5.13 Å². The van der Waals surface area contributed by atoms with Gasteiger partial charge in [-0.25, -0.2) is 9.78 Å². The van der Waals surface area contributed by atoms with Crippen LogP contribution in [0.3, 0.4) is 0 Å². The van der Waals surface area contributed by atoms with Gasteiger partial charge in [-0.05, 0) is 33.3 Å². The average molecular weight is 337 g/mol. The summed E-state index contributed by atoms with van der Waals surface area (Å²) < 4.78 is 10.2. The minimum atomic E-state index is -0.299. The Hall–Kier alpha value is -1.86. The Balaban J connectivity index is 2.24. The van der Waals surface area contributed by atoms with E-state index < -0.39 is 0 Å². The number of hydrogen-bond donors (Lipinski definition) is 2. The first-order valence-electron chi connectivity index (χ1n) is 7.55. The molecule has 126 valence electrons. The second-order valence-electron chi connectivity index (χ2n) is 5.38. The van der Waals surface area contributed by atoms with Crippen LogP contribution in [-0.4, -0.2) is 42.3 Å². The lowest BCUT2D eigenvalue weighted by Crippen LogP contribution is -2.20. The van der Waals surface area contributed by atoms with Gasteiger partial charge < -0.3 is 19.8 Å². The number of carbonyl (C=O) groups excluding carboxylic acids is 1. The molecule has 2 aromatic rings. The van der Waals surface area contributed by atoms with Crippen molar-refractivity contribution in [1.29, 1.82) is 0 Å². The molecule has 0 amide bonds. The lowest BCUT2D eigenvalue weighted by molar-refractivity contribution is 0.0525. The SMILES string of the molecule is CCOC(=O)c1c(C)[nH]c(-c2csc(N[C@H](C)COC)n2)c1C. The Labute approximate surface area is 140 Å². The predicted octanol–water partition coefficient (Wildman–Crippen LogP) is 3.38. The molecule has 0 aliphatic carbocycles. The van der Waals surface area contributed by atoms with E-state index in [0.717, 1.165) is 27.8 Å². The maximum atomic E-state index is 12.1. The van der Waals surface area contributed by atoms with Crippen LogP contribution in [-0.2, 0) is 9.47 Å². The van der Waals surface area contributed by atoms with E-state index in [1.165, 1.54) is 11.3 Å². The molecular weight excluding hydrogens is 314 g/mol. The summed E-state index contributed by atoms with van der Waals surface area (Å²) in [5.41, 5.74) is 3.93. The van der Waals surface area contributed by atoms with E-state index in [0.29, 0.717) is 18.8 Å². The van der Waals surface area contributed by atoms with E-state index in [4.69, 9.17) is 9.47 Å². The topological polar surface area (TPSA) is 76.2 Å². The molecular formula is C16H23N3O3S. The van der Waals surface area contributed by atoms with Crippen molar-refractivity contribution in [2.45, 2.75) is 33.7 Å². The van der Waals surface area contributed by atoms with Gasteiger partial charge in [0.25, 0.3) is 0 Å². The third kappa shape index (κ3) is 3.92. The quantitative estimate of drug-likeness (QED) is 0.758. The fourth-order valence-electron chi connectivity index (χ4n) is 2.47. The van der Waals surface area contributed by atoms with Crippen LogP contribution in [0.4, 0.5) is 5.13 Å². The number of nitrogens with zero attached hydrogens (tertiary/aromatic N) is 1. The van der Waals surface area contributed by atoms with E-state index in [-0.39, 0.29) is 12.0 Å². The highest BCUT2D eigenvalue weighted by Gasteiger charge is 2.21. The molecule has 0 radical (unpaired) electrons. The molecule has 6 nitrogen and oxygen atoms in total. The Morgan fingerprint density at radius 2 is 2.22 bits per heavy atom. The summed E-state index contributed by atoms with van der Waals surface area (Å²) in [6, 6.07) is 0.181. The summed E-state index contributed by atoms with van der Waals surface area (Å²) in [5.74, 6) is -0.299. The monoisotopic (exact) mass is 337 g/mol. The maximum absolute atomic E-state index is 12.1. The number of esters is 1. The third-order valence-corrected chi connectivity index (χ3v) is 4.24. The number of aromatic amines is 1. The maximum Gasteiger partial charge on any atom is 0.340 e. The lowest BCUT2D eigenvalue weighted by atomic mass is 10.1. The zero-order valence-electron chi connectivity index (χ0n) is 14.1. The molecule has 0 aliphatic rings. The molecule has 0 saturated heterocycles. The summed E-state index contributed by atoms with van der Waals surface area (Å²) in [6.45, 7) is 8.59. The van der Waals surface area contributed by atoms with Gasteiger partial charge in [0.2, 0.25) is 0 Å². The fraction of sp³-hybridized carbons (Fsp3) is 0.500. The molecule has 0 aromatic carbocycles. The van der Waals surface area contributed by atoms with E-state index >= 15 is 0 Å². The highest BCUT2D eigenvalue weighted by atomic mass is 32.1. The number of hydrogen-bond acceptors (Lipinski definition) is 6. The Morgan fingerprint density at radius 1 is 1.48 bits per heavy atom. The highest BCUT2D eigenvalue weighted by molar-refractivity contribution is 7.14. The van der Waals surface area contributed by atoms with Gasteiger partial charge in [-0.3, -0.25) is 0 Å². The number of thiazole rings is 1. The number of nitrogens with one attached hydrogen (secondary N) is 2. The van der Waals surface area contributed by atoms with Crippen LogP contribution < -0.4 is 5.32 Å². The van der Waals surface area contributed by atoms with Crippen LogP contribution in [0, 0.1) is 13.8 Å². The molecule has 0 saturated carbocycles. The van der Waals surface area contributed by atoms with E-state index in [9.17, 15) is 4.79 Å². The van der Waals surface area contributed by atoms with Crippen molar-refractivity contribution in [3.8, 4) is 11.4 Å². The van der Waals surface area contributed by atoms with Crippen molar-refractivity contribution in [2.75, 3.05) is 25.6 Å². The van der Waals surface area contributed by atoms with Crippen molar-refractivity contribution in [3.05, 3.63) is 22.2 Å². The zero-order chi connectivity index (χ0) is 17.0. The summed E-state index contributed by atoms with van der Waals surface area (Å²) in [7, 11) is 1.67. The number of aryl methyl sites for hydroxylation is 1. The van der Waals surface area contributed by atoms with Crippen LogP contribution >= 0.6 is 11.3 Å². The molecule has 0 unspecified atom stereocenters. The molecule has 23 heavy (non-hydrogen) atoms. The summed E-state index contributed by atoms with van der Waals surface area (Å²) >= 11 is 1.53. The first-order chi connectivity index (χ1) is 11.0. The molecule has 0 fully saturated rings. The average Bonchev–Trinajstić information content (AvgIpc) is 3.04. The van der Waals surface area contributed by atoms with Crippen LogP contribution in [0.25, 0.3) is 11.4 Å². The first kappa shape index (κ1) is 17.5. The summed E-state index contributed by atoms with van der Waals surface area (Å²) in [6.07, 6.45) is 0. The molecule has 2 heterocycles. The number of carbonyl (C=O) groups is 1. The van der Waals surface area contributed by atoms with Crippen molar-refractivity contribution >= 4 is 22.4 Å². The number of methoxy groups -OCH3 is 1. The Morgan fingerprint density at radius 3 is 2.87 bits per heavy atom. The van der Waals surface area contributed by atoms with Crippen molar-refractivity contribution in [1.82, 2.24) is 9.97 Å². The second-order valence-corrected chi connectivity index (χ2v) is 6.24. The normalized spacial score (nSPS) is 12.2. The van der Waals surface area contributed by atoms with Gasteiger partial charge in [-0.1, -0.05) is 0 Å². The van der Waals surface area contributed by atoms with Gasteiger partial charge in [0, 0.05) is 24.2 Å². The van der Waals surface area contributed by atoms with Crippen LogP contribution in [0.1, 0.15) is 35.5 Å². The van der Waals surface area contributed by atoms with Gasteiger partial charge in [-0.15, -0.1) is 11.3 Å². The smallest absolute Gasteiger partial charge is 0.340 e. The molecule has 2 rings (SSSR count). The van der Waals surface area contributed by atoms with Crippen molar-refractivity contribution in [2.24, 2.45) is 0 Å². The molecule has 7 heteroatoms. The minimum Gasteiger partial charge on any atom is -0.462 e.